The number of fused-ring (bicyclic) bond motifs is 1. The second-order valence-corrected chi connectivity index (χ2v) is 3.88. The number of ether oxygens (including phenoxy) is 2. The quantitative estimate of drug-likeness (QED) is 0.792. The maximum absolute atomic E-state index is 5.18. The molecule has 0 aliphatic heterocycles. The molecule has 1 aromatic heterocycles. The minimum atomic E-state index is 0.740. The van der Waals surface area contributed by atoms with E-state index in [9.17, 15) is 0 Å². The first kappa shape index (κ1) is 12.6. The summed E-state index contributed by atoms with van der Waals surface area (Å²) in [6.45, 7) is 1.57. The van der Waals surface area contributed by atoms with Crippen LogP contribution in [0.5, 0.6) is 5.75 Å². The Bertz CT molecular complexity index is 517. The van der Waals surface area contributed by atoms with Gasteiger partial charge >= 0.3 is 0 Å². The van der Waals surface area contributed by atoms with E-state index in [-0.39, 0.29) is 0 Å². The summed E-state index contributed by atoms with van der Waals surface area (Å²) in [4.78, 5) is 8.50. The third-order valence-electron chi connectivity index (χ3n) is 2.66. The number of nitrogens with zero attached hydrogens (tertiary/aromatic N) is 2. The summed E-state index contributed by atoms with van der Waals surface area (Å²) in [6.07, 6.45) is 2.50. The lowest BCUT2D eigenvalue weighted by Crippen LogP contribution is -2.06. The van der Waals surface area contributed by atoms with E-state index < -0.39 is 0 Å². The van der Waals surface area contributed by atoms with Crippen LogP contribution in [0.1, 0.15) is 6.42 Å². The number of methoxy groups -OCH3 is 2. The Balaban J connectivity index is 2.17. The number of benzene rings is 1. The Kier molecular flexibility index (Phi) is 4.30. The Morgan fingerprint density at radius 2 is 2.11 bits per heavy atom. The number of anilines is 1. The second-order valence-electron chi connectivity index (χ2n) is 3.88. The zero-order chi connectivity index (χ0) is 12.8. The molecule has 0 aliphatic rings. The first-order chi connectivity index (χ1) is 8.85. The maximum Gasteiger partial charge on any atom is 0.137 e. The van der Waals surface area contributed by atoms with Crippen LogP contribution in [0, 0.1) is 0 Å². The Labute approximate surface area is 106 Å². The third kappa shape index (κ3) is 2.87. The number of nitrogens with one attached hydrogen (secondary N) is 1. The van der Waals surface area contributed by atoms with Crippen molar-refractivity contribution >= 4 is 16.7 Å². The van der Waals surface area contributed by atoms with Crippen LogP contribution in [-0.4, -0.2) is 37.3 Å². The van der Waals surface area contributed by atoms with E-state index >= 15 is 0 Å². The zero-order valence-corrected chi connectivity index (χ0v) is 10.6. The molecule has 0 saturated heterocycles. The lowest BCUT2D eigenvalue weighted by atomic mass is 10.2. The second kappa shape index (κ2) is 6.16. The van der Waals surface area contributed by atoms with Gasteiger partial charge in [0.1, 0.15) is 17.9 Å². The summed E-state index contributed by atoms with van der Waals surface area (Å²) >= 11 is 0. The summed E-state index contributed by atoms with van der Waals surface area (Å²) in [6, 6.07) is 5.77. The van der Waals surface area contributed by atoms with Gasteiger partial charge in [0.25, 0.3) is 0 Å². The highest BCUT2D eigenvalue weighted by molar-refractivity contribution is 5.89. The normalized spacial score (nSPS) is 10.6. The van der Waals surface area contributed by atoms with E-state index in [2.05, 4.69) is 15.3 Å². The van der Waals surface area contributed by atoms with Crippen molar-refractivity contribution in [1.29, 1.82) is 0 Å². The van der Waals surface area contributed by atoms with Gasteiger partial charge in [-0.1, -0.05) is 0 Å². The molecule has 0 unspecified atom stereocenters. The van der Waals surface area contributed by atoms with Gasteiger partial charge in [-0.25, -0.2) is 9.97 Å². The van der Waals surface area contributed by atoms with Crippen molar-refractivity contribution in [1.82, 2.24) is 9.97 Å². The molecule has 1 heterocycles. The largest absolute Gasteiger partial charge is 0.497 e. The van der Waals surface area contributed by atoms with Gasteiger partial charge in [0.05, 0.1) is 12.6 Å². The molecule has 1 N–H and O–H groups in total. The molecule has 0 fully saturated rings. The minimum absolute atomic E-state index is 0.740. The van der Waals surface area contributed by atoms with Crippen molar-refractivity contribution in [3.05, 3.63) is 24.5 Å². The molecule has 0 amide bonds. The van der Waals surface area contributed by atoms with Crippen molar-refractivity contribution in [3.8, 4) is 5.75 Å². The van der Waals surface area contributed by atoms with Crippen molar-refractivity contribution in [3.63, 3.8) is 0 Å². The Morgan fingerprint density at radius 3 is 2.89 bits per heavy atom. The molecule has 0 radical (unpaired) electrons. The minimum Gasteiger partial charge on any atom is -0.497 e. The van der Waals surface area contributed by atoms with E-state index in [0.29, 0.717) is 0 Å². The van der Waals surface area contributed by atoms with Crippen LogP contribution in [0.4, 0.5) is 5.82 Å². The van der Waals surface area contributed by atoms with Crippen LogP contribution < -0.4 is 10.1 Å². The van der Waals surface area contributed by atoms with E-state index in [1.54, 1.807) is 20.5 Å². The van der Waals surface area contributed by atoms with Gasteiger partial charge in [0, 0.05) is 31.7 Å². The van der Waals surface area contributed by atoms with E-state index in [4.69, 9.17) is 9.47 Å². The molecular weight excluding hydrogens is 230 g/mol. The molecule has 96 valence electrons. The maximum atomic E-state index is 5.18. The van der Waals surface area contributed by atoms with Gasteiger partial charge in [-0.05, 0) is 18.6 Å². The Morgan fingerprint density at radius 1 is 1.22 bits per heavy atom. The fraction of sp³-hybridized carbons (Fsp3) is 0.385. The van der Waals surface area contributed by atoms with Crippen LogP contribution in [0.25, 0.3) is 10.9 Å². The fourth-order valence-electron chi connectivity index (χ4n) is 1.73. The molecule has 5 nitrogen and oxygen atoms in total. The molecular formula is C13H17N3O2. The van der Waals surface area contributed by atoms with E-state index in [0.717, 1.165) is 42.0 Å². The zero-order valence-electron chi connectivity index (χ0n) is 10.6. The van der Waals surface area contributed by atoms with E-state index in [1.165, 1.54) is 0 Å². The fourth-order valence-corrected chi connectivity index (χ4v) is 1.73. The van der Waals surface area contributed by atoms with Crippen LogP contribution in [0.3, 0.4) is 0 Å². The van der Waals surface area contributed by atoms with Crippen molar-refractivity contribution in [2.24, 2.45) is 0 Å². The van der Waals surface area contributed by atoms with Crippen molar-refractivity contribution in [2.45, 2.75) is 6.42 Å². The molecule has 1 aromatic carbocycles. The lowest BCUT2D eigenvalue weighted by Gasteiger charge is -2.08. The average molecular weight is 247 g/mol. The molecule has 5 heteroatoms. The molecule has 2 rings (SSSR count). The van der Waals surface area contributed by atoms with Gasteiger partial charge < -0.3 is 14.8 Å². The predicted octanol–water partition coefficient (Wildman–Crippen LogP) is 2.09. The molecule has 0 atom stereocenters. The number of aromatic nitrogens is 2. The highest BCUT2D eigenvalue weighted by atomic mass is 16.5. The summed E-state index contributed by atoms with van der Waals surface area (Å²) in [5.41, 5.74) is 0.874. The highest BCUT2D eigenvalue weighted by Crippen LogP contribution is 2.23. The molecule has 0 spiro atoms. The van der Waals surface area contributed by atoms with Crippen LogP contribution in [0.15, 0.2) is 24.5 Å². The van der Waals surface area contributed by atoms with E-state index in [1.807, 2.05) is 18.2 Å². The highest BCUT2D eigenvalue weighted by Gasteiger charge is 2.04. The first-order valence-corrected chi connectivity index (χ1v) is 5.86. The van der Waals surface area contributed by atoms with Crippen LogP contribution in [0.2, 0.25) is 0 Å². The number of hydrogen-bond donors (Lipinski definition) is 1. The molecule has 0 saturated carbocycles. The lowest BCUT2D eigenvalue weighted by molar-refractivity contribution is 0.198. The summed E-state index contributed by atoms with van der Waals surface area (Å²) in [7, 11) is 3.35. The molecule has 18 heavy (non-hydrogen) atoms. The van der Waals surface area contributed by atoms with Crippen LogP contribution in [-0.2, 0) is 4.74 Å². The predicted molar refractivity (Wildman–Crippen MR) is 71.1 cm³/mol. The summed E-state index contributed by atoms with van der Waals surface area (Å²) in [5, 5.41) is 4.28. The number of rotatable bonds is 6. The van der Waals surface area contributed by atoms with Crippen molar-refractivity contribution < 1.29 is 9.47 Å². The van der Waals surface area contributed by atoms with Crippen molar-refractivity contribution in [2.75, 3.05) is 32.7 Å². The topological polar surface area (TPSA) is 56.3 Å². The van der Waals surface area contributed by atoms with Gasteiger partial charge in [-0.3, -0.25) is 0 Å². The third-order valence-corrected chi connectivity index (χ3v) is 2.66. The van der Waals surface area contributed by atoms with Gasteiger partial charge in [-0.2, -0.15) is 0 Å². The standard InChI is InChI=1S/C13H17N3O2/c1-17-7-3-6-14-13-11-5-4-10(18-2)8-12(11)15-9-16-13/h4-5,8-9H,3,6-7H2,1-2H3,(H,14,15,16). The van der Waals surface area contributed by atoms with Gasteiger partial charge in [0.15, 0.2) is 0 Å². The van der Waals surface area contributed by atoms with Crippen LogP contribution >= 0.6 is 0 Å². The average Bonchev–Trinajstić information content (AvgIpc) is 2.43. The molecule has 2 aromatic rings. The first-order valence-electron chi connectivity index (χ1n) is 5.86. The molecule has 0 bridgehead atoms. The molecule has 0 aliphatic carbocycles. The van der Waals surface area contributed by atoms with Gasteiger partial charge in [-0.15, -0.1) is 0 Å². The summed E-state index contributed by atoms with van der Waals surface area (Å²) < 4.78 is 10.2. The van der Waals surface area contributed by atoms with Gasteiger partial charge in [0.2, 0.25) is 0 Å². The summed E-state index contributed by atoms with van der Waals surface area (Å²) in [5.74, 6) is 1.64. The SMILES string of the molecule is COCCCNc1ncnc2cc(OC)ccc12. The monoisotopic (exact) mass is 247 g/mol. The smallest absolute Gasteiger partial charge is 0.137 e. The number of hydrogen-bond acceptors (Lipinski definition) is 5. The Hall–Kier alpha value is -1.88.